The molecule has 20 heavy (non-hydrogen) atoms. The average Bonchev–Trinajstić information content (AvgIpc) is 2.51. The minimum atomic E-state index is 0.0151. The summed E-state index contributed by atoms with van der Waals surface area (Å²) >= 11 is 0. The zero-order valence-corrected chi connectivity index (χ0v) is 11.2. The minimum absolute atomic E-state index is 0.0151. The summed E-state index contributed by atoms with van der Waals surface area (Å²) in [5.41, 5.74) is 3.04. The molecule has 0 aliphatic carbocycles. The molecule has 0 spiro atoms. The van der Waals surface area contributed by atoms with Crippen LogP contribution in [0.15, 0.2) is 76.1 Å². The van der Waals surface area contributed by atoms with Crippen LogP contribution in [0, 0.1) is 6.92 Å². The van der Waals surface area contributed by atoms with Crippen molar-refractivity contribution in [3.8, 4) is 22.5 Å². The molecule has 0 amide bonds. The van der Waals surface area contributed by atoms with E-state index in [0.29, 0.717) is 16.9 Å². The molecule has 0 unspecified atom stereocenters. The lowest BCUT2D eigenvalue weighted by Crippen LogP contribution is -2.09. The van der Waals surface area contributed by atoms with Crippen molar-refractivity contribution in [1.29, 1.82) is 0 Å². The Morgan fingerprint density at radius 2 is 1.35 bits per heavy atom. The van der Waals surface area contributed by atoms with E-state index < -0.39 is 0 Å². The topological polar surface area (TPSA) is 30.2 Å². The van der Waals surface area contributed by atoms with Crippen LogP contribution in [0.5, 0.6) is 0 Å². The molecule has 0 N–H and O–H groups in total. The Balaban J connectivity index is 2.32. The van der Waals surface area contributed by atoms with Gasteiger partial charge in [0.1, 0.15) is 5.76 Å². The van der Waals surface area contributed by atoms with Crippen LogP contribution in [-0.2, 0) is 0 Å². The highest BCUT2D eigenvalue weighted by Crippen LogP contribution is 2.29. The largest absolute Gasteiger partial charge is 0.463 e. The summed E-state index contributed by atoms with van der Waals surface area (Å²) in [6.07, 6.45) is 1.52. The first kappa shape index (κ1) is 12.4. The number of rotatable bonds is 2. The second-order valence-electron chi connectivity index (χ2n) is 4.68. The molecule has 2 aromatic carbocycles. The van der Waals surface area contributed by atoms with Gasteiger partial charge in [-0.2, -0.15) is 0 Å². The Kier molecular flexibility index (Phi) is 3.21. The Morgan fingerprint density at radius 1 is 0.800 bits per heavy atom. The van der Waals surface area contributed by atoms with Crippen molar-refractivity contribution in [3.05, 3.63) is 82.7 Å². The lowest BCUT2D eigenvalue weighted by molar-refractivity contribution is 0.561. The first-order valence-electron chi connectivity index (χ1n) is 6.50. The van der Waals surface area contributed by atoms with Crippen LogP contribution in [0.4, 0.5) is 0 Å². The summed E-state index contributed by atoms with van der Waals surface area (Å²) in [6.45, 7) is 1.77. The van der Waals surface area contributed by atoms with Crippen molar-refractivity contribution in [3.63, 3.8) is 0 Å². The van der Waals surface area contributed by atoms with Crippen molar-refractivity contribution in [2.75, 3.05) is 0 Å². The van der Waals surface area contributed by atoms with Crippen LogP contribution >= 0.6 is 0 Å². The fourth-order valence-electron chi connectivity index (χ4n) is 2.23. The van der Waals surface area contributed by atoms with Crippen LogP contribution in [0.2, 0.25) is 0 Å². The molecule has 0 fully saturated rings. The predicted octanol–water partition coefficient (Wildman–Crippen LogP) is 4.28. The molecule has 0 atom stereocenters. The van der Waals surface area contributed by atoms with E-state index in [2.05, 4.69) is 0 Å². The Bertz CT molecular complexity index is 772. The van der Waals surface area contributed by atoms with Crippen LogP contribution in [0.25, 0.3) is 22.5 Å². The number of aryl methyl sites for hydroxylation is 1. The van der Waals surface area contributed by atoms with E-state index >= 15 is 0 Å². The van der Waals surface area contributed by atoms with Gasteiger partial charge in [0.15, 0.2) is 5.43 Å². The first-order valence-corrected chi connectivity index (χ1v) is 6.50. The van der Waals surface area contributed by atoms with Crippen LogP contribution in [0.1, 0.15) is 5.56 Å². The summed E-state index contributed by atoms with van der Waals surface area (Å²) in [5.74, 6) is 0.618. The van der Waals surface area contributed by atoms with E-state index in [4.69, 9.17) is 4.42 Å². The highest BCUT2D eigenvalue weighted by molar-refractivity contribution is 5.79. The third kappa shape index (κ3) is 2.16. The van der Waals surface area contributed by atoms with E-state index in [1.165, 1.54) is 6.26 Å². The third-order valence-corrected chi connectivity index (χ3v) is 3.26. The van der Waals surface area contributed by atoms with E-state index in [1.807, 2.05) is 60.7 Å². The smallest absolute Gasteiger partial charge is 0.196 e. The fraction of sp³-hybridized carbons (Fsp3) is 0.0556. The average molecular weight is 262 g/mol. The molecule has 1 aromatic heterocycles. The Labute approximate surface area is 117 Å². The van der Waals surface area contributed by atoms with Crippen LogP contribution in [0.3, 0.4) is 0 Å². The summed E-state index contributed by atoms with van der Waals surface area (Å²) < 4.78 is 5.71. The molecule has 0 bridgehead atoms. The van der Waals surface area contributed by atoms with Crippen LogP contribution < -0.4 is 5.43 Å². The molecule has 3 aromatic rings. The molecule has 98 valence electrons. The molecule has 0 saturated heterocycles. The molecule has 0 aliphatic rings. The highest BCUT2D eigenvalue weighted by Gasteiger charge is 2.15. The minimum Gasteiger partial charge on any atom is -0.463 e. The van der Waals surface area contributed by atoms with E-state index in [9.17, 15) is 4.79 Å². The molecule has 2 heteroatoms. The second kappa shape index (κ2) is 5.17. The lowest BCUT2D eigenvalue weighted by atomic mass is 9.99. The van der Waals surface area contributed by atoms with Gasteiger partial charge in [-0.15, -0.1) is 0 Å². The molecular weight excluding hydrogens is 248 g/mol. The zero-order chi connectivity index (χ0) is 13.9. The van der Waals surface area contributed by atoms with Gasteiger partial charge in [-0.05, 0) is 12.5 Å². The number of hydrogen-bond donors (Lipinski definition) is 0. The van der Waals surface area contributed by atoms with Crippen molar-refractivity contribution < 1.29 is 4.42 Å². The van der Waals surface area contributed by atoms with Gasteiger partial charge < -0.3 is 4.42 Å². The third-order valence-electron chi connectivity index (χ3n) is 3.26. The van der Waals surface area contributed by atoms with Crippen molar-refractivity contribution in [1.82, 2.24) is 0 Å². The van der Waals surface area contributed by atoms with Gasteiger partial charge in [0.2, 0.25) is 0 Å². The Morgan fingerprint density at radius 3 is 1.95 bits per heavy atom. The first-order chi connectivity index (χ1) is 9.77. The molecule has 1 heterocycles. The maximum Gasteiger partial charge on any atom is 0.196 e. The molecular formula is C18H14O2. The normalized spacial score (nSPS) is 10.4. The van der Waals surface area contributed by atoms with Crippen molar-refractivity contribution in [2.24, 2.45) is 0 Å². The molecule has 3 rings (SSSR count). The number of hydrogen-bond acceptors (Lipinski definition) is 2. The van der Waals surface area contributed by atoms with Gasteiger partial charge in [-0.1, -0.05) is 60.7 Å². The van der Waals surface area contributed by atoms with Gasteiger partial charge in [0.25, 0.3) is 0 Å². The van der Waals surface area contributed by atoms with Gasteiger partial charge >= 0.3 is 0 Å². The van der Waals surface area contributed by atoms with Crippen molar-refractivity contribution >= 4 is 0 Å². The molecule has 0 aliphatic heterocycles. The summed E-state index contributed by atoms with van der Waals surface area (Å²) in [7, 11) is 0. The monoisotopic (exact) mass is 262 g/mol. The SMILES string of the molecule is Cc1coc(-c2ccccc2)c(-c2ccccc2)c1=O. The van der Waals surface area contributed by atoms with Gasteiger partial charge in [-0.25, -0.2) is 0 Å². The maximum atomic E-state index is 12.5. The van der Waals surface area contributed by atoms with Crippen molar-refractivity contribution in [2.45, 2.75) is 6.92 Å². The molecule has 2 nitrogen and oxygen atoms in total. The standard InChI is InChI=1S/C18H14O2/c1-13-12-20-18(15-10-6-3-7-11-15)16(17(13)19)14-8-4-2-5-9-14/h2-12H,1H3. The second-order valence-corrected chi connectivity index (χ2v) is 4.68. The Hall–Kier alpha value is -2.61. The summed E-state index contributed by atoms with van der Waals surface area (Å²) in [5, 5.41) is 0. The quantitative estimate of drug-likeness (QED) is 0.690. The van der Waals surface area contributed by atoms with E-state index in [1.54, 1.807) is 6.92 Å². The van der Waals surface area contributed by atoms with Gasteiger partial charge in [0.05, 0.1) is 11.8 Å². The molecule has 0 saturated carbocycles. The van der Waals surface area contributed by atoms with Gasteiger partial charge in [-0.3, -0.25) is 4.79 Å². The lowest BCUT2D eigenvalue weighted by Gasteiger charge is -2.09. The van der Waals surface area contributed by atoms with E-state index in [-0.39, 0.29) is 5.43 Å². The van der Waals surface area contributed by atoms with Gasteiger partial charge in [0, 0.05) is 11.1 Å². The fourth-order valence-corrected chi connectivity index (χ4v) is 2.23. The predicted molar refractivity (Wildman–Crippen MR) is 80.6 cm³/mol. The highest BCUT2D eigenvalue weighted by atomic mass is 16.3. The number of benzene rings is 2. The van der Waals surface area contributed by atoms with E-state index in [0.717, 1.165) is 11.1 Å². The maximum absolute atomic E-state index is 12.5. The summed E-state index contributed by atoms with van der Waals surface area (Å²) in [6, 6.07) is 19.3. The summed E-state index contributed by atoms with van der Waals surface area (Å²) in [4.78, 5) is 12.5. The van der Waals surface area contributed by atoms with Crippen LogP contribution in [-0.4, -0.2) is 0 Å². The zero-order valence-electron chi connectivity index (χ0n) is 11.2. The molecule has 0 radical (unpaired) electrons.